The molecular weight excluding hydrogens is 375 g/mol. The van der Waals surface area contributed by atoms with Crippen molar-refractivity contribution in [2.75, 3.05) is 13.7 Å². The molecule has 1 fully saturated rings. The zero-order chi connectivity index (χ0) is 20.6. The summed E-state index contributed by atoms with van der Waals surface area (Å²) in [4.78, 5) is 34.7. The van der Waals surface area contributed by atoms with E-state index in [1.165, 1.54) is 19.1 Å². The Hall–Kier alpha value is -2.89. The third kappa shape index (κ3) is 3.27. The van der Waals surface area contributed by atoms with Gasteiger partial charge in [-0.15, -0.1) is 0 Å². The summed E-state index contributed by atoms with van der Waals surface area (Å²) in [6.07, 6.45) is -5.45. The molecule has 12 heteroatoms. The quantitative estimate of drug-likeness (QED) is 0.458. The number of aliphatic hydroxyl groups is 1. The number of hydrogen-bond acceptors (Lipinski definition) is 6. The molecule has 0 aliphatic carbocycles. The highest BCUT2D eigenvalue weighted by molar-refractivity contribution is 5.83. The van der Waals surface area contributed by atoms with Crippen molar-refractivity contribution >= 4 is 17.7 Å². The van der Waals surface area contributed by atoms with Crippen molar-refractivity contribution < 1.29 is 37.5 Å². The summed E-state index contributed by atoms with van der Waals surface area (Å²) < 4.78 is 45.9. The minimum Gasteiger partial charge on any atom is -0.466 e. The Morgan fingerprint density at radius 2 is 2.04 bits per heavy atom. The molecule has 0 radical (unpaired) electrons. The number of nitrogens with zero attached hydrogens (tertiary/aromatic N) is 2. The molecule has 2 amide bonds. The van der Waals surface area contributed by atoms with Crippen LogP contribution in [0.3, 0.4) is 0 Å². The third-order valence-corrected chi connectivity index (χ3v) is 4.29. The Balaban J connectivity index is 2.73. The van der Waals surface area contributed by atoms with Crippen molar-refractivity contribution in [3.63, 3.8) is 0 Å². The van der Waals surface area contributed by atoms with Gasteiger partial charge in [-0.2, -0.15) is 13.2 Å². The number of alkyl halides is 3. The average Bonchev–Trinajstić information content (AvgIpc) is 2.58. The normalized spacial score (nSPS) is 25.7. The van der Waals surface area contributed by atoms with Crippen molar-refractivity contribution in [2.45, 2.75) is 24.9 Å². The summed E-state index contributed by atoms with van der Waals surface area (Å²) in [7, 11) is 0.657. The number of halogens is 3. The molecule has 148 valence electrons. The summed E-state index contributed by atoms with van der Waals surface area (Å²) in [6, 6.07) is 1.46. The number of benzene rings is 1. The van der Waals surface area contributed by atoms with Crippen molar-refractivity contribution in [2.24, 2.45) is 5.92 Å². The molecule has 2 N–H and O–H groups in total. The molecule has 27 heavy (non-hydrogen) atoms. The summed E-state index contributed by atoms with van der Waals surface area (Å²) in [5.41, 5.74) is -4.92. The number of urea groups is 1. The molecule has 0 spiro atoms. The number of nitrogens with one attached hydrogen (secondary N) is 1. The van der Waals surface area contributed by atoms with Gasteiger partial charge in [0.15, 0.2) is 0 Å². The van der Waals surface area contributed by atoms with Crippen molar-refractivity contribution in [3.8, 4) is 0 Å². The summed E-state index contributed by atoms with van der Waals surface area (Å²) in [5.74, 6) is -3.87. The highest BCUT2D eigenvalue weighted by Crippen LogP contribution is 2.48. The number of para-hydroxylation sites is 1. The largest absolute Gasteiger partial charge is 0.466 e. The van der Waals surface area contributed by atoms with Gasteiger partial charge in [-0.05, 0) is 6.92 Å². The van der Waals surface area contributed by atoms with Crippen molar-refractivity contribution in [1.29, 1.82) is 0 Å². The first-order valence-electron chi connectivity index (χ1n) is 7.70. The number of carbonyl (C=O) groups excluding carboxylic acids is 2. The van der Waals surface area contributed by atoms with E-state index in [2.05, 4.69) is 10.1 Å². The van der Waals surface area contributed by atoms with Crippen molar-refractivity contribution in [1.82, 2.24) is 10.2 Å². The highest BCUT2D eigenvalue weighted by atomic mass is 19.4. The van der Waals surface area contributed by atoms with Gasteiger partial charge >= 0.3 is 18.2 Å². The van der Waals surface area contributed by atoms with Crippen LogP contribution in [0.1, 0.15) is 18.5 Å². The van der Waals surface area contributed by atoms with Crippen molar-refractivity contribution in [3.05, 3.63) is 39.9 Å². The minimum absolute atomic E-state index is 0.0696. The van der Waals surface area contributed by atoms with Crippen LogP contribution in [0.15, 0.2) is 24.3 Å². The van der Waals surface area contributed by atoms with Gasteiger partial charge in [0.25, 0.3) is 11.4 Å². The number of nitro groups is 1. The van der Waals surface area contributed by atoms with E-state index in [0.717, 1.165) is 12.1 Å². The SMILES string of the molecule is CCOC(=O)C1C(c2ccccc2[N+](=O)[O-])NC(=O)N(C)C1(O)C(F)(F)F. The maximum absolute atomic E-state index is 13.7. The van der Waals surface area contributed by atoms with Crippen LogP contribution in [0.4, 0.5) is 23.7 Å². The fraction of sp³-hybridized carbons (Fsp3) is 0.467. The number of ether oxygens (including phenoxy) is 1. The van der Waals surface area contributed by atoms with Gasteiger partial charge in [-0.25, -0.2) is 4.79 Å². The van der Waals surface area contributed by atoms with E-state index in [1.807, 2.05) is 0 Å². The minimum atomic E-state index is -5.45. The predicted molar refractivity (Wildman–Crippen MR) is 83.3 cm³/mol. The van der Waals surface area contributed by atoms with Crippen LogP contribution in [-0.4, -0.2) is 52.5 Å². The molecule has 2 rings (SSSR count). The predicted octanol–water partition coefficient (Wildman–Crippen LogP) is 1.72. The first-order chi connectivity index (χ1) is 12.5. The van der Waals surface area contributed by atoms with Gasteiger partial charge in [-0.1, -0.05) is 18.2 Å². The lowest BCUT2D eigenvalue weighted by atomic mass is 9.80. The molecule has 1 aromatic carbocycles. The number of esters is 1. The maximum atomic E-state index is 13.7. The molecule has 0 aromatic heterocycles. The van der Waals surface area contributed by atoms with Crippen LogP contribution >= 0.6 is 0 Å². The molecule has 1 aliphatic heterocycles. The lowest BCUT2D eigenvalue weighted by molar-refractivity contribution is -0.386. The maximum Gasteiger partial charge on any atom is 0.437 e. The van der Waals surface area contributed by atoms with E-state index in [0.29, 0.717) is 7.05 Å². The third-order valence-electron chi connectivity index (χ3n) is 4.29. The van der Waals surface area contributed by atoms with Gasteiger partial charge in [0, 0.05) is 13.1 Å². The monoisotopic (exact) mass is 391 g/mol. The van der Waals surface area contributed by atoms with Gasteiger partial charge < -0.3 is 15.2 Å². The van der Waals surface area contributed by atoms with Crippen LogP contribution in [-0.2, 0) is 9.53 Å². The first kappa shape index (κ1) is 20.4. The topological polar surface area (TPSA) is 122 Å². The number of nitro benzene ring substituents is 1. The van der Waals surface area contributed by atoms with Crippen LogP contribution in [0.25, 0.3) is 0 Å². The zero-order valence-electron chi connectivity index (χ0n) is 14.2. The Morgan fingerprint density at radius 1 is 1.44 bits per heavy atom. The molecule has 1 heterocycles. The second-order valence-electron chi connectivity index (χ2n) is 5.76. The van der Waals surface area contributed by atoms with E-state index >= 15 is 0 Å². The van der Waals surface area contributed by atoms with Crippen LogP contribution < -0.4 is 5.32 Å². The molecule has 3 unspecified atom stereocenters. The van der Waals surface area contributed by atoms with Gasteiger partial charge in [0.2, 0.25) is 0 Å². The summed E-state index contributed by atoms with van der Waals surface area (Å²) >= 11 is 0. The van der Waals surface area contributed by atoms with Crippen LogP contribution in [0.2, 0.25) is 0 Å². The van der Waals surface area contributed by atoms with Gasteiger partial charge in [0.05, 0.1) is 23.1 Å². The van der Waals surface area contributed by atoms with E-state index in [9.17, 15) is 38.0 Å². The Kier molecular flexibility index (Phi) is 5.31. The van der Waals surface area contributed by atoms with E-state index in [1.54, 1.807) is 0 Å². The Bertz CT molecular complexity index is 771. The molecule has 1 aromatic rings. The summed E-state index contributed by atoms with van der Waals surface area (Å²) in [5, 5.41) is 23.8. The van der Waals surface area contributed by atoms with E-state index in [-0.39, 0.29) is 17.1 Å². The Labute approximate surface area is 150 Å². The van der Waals surface area contributed by atoms with Crippen LogP contribution in [0.5, 0.6) is 0 Å². The molecule has 0 bridgehead atoms. The van der Waals surface area contributed by atoms with Gasteiger partial charge in [-0.3, -0.25) is 19.8 Å². The number of carbonyl (C=O) groups is 2. The Morgan fingerprint density at radius 3 is 2.56 bits per heavy atom. The molecule has 1 saturated heterocycles. The molecular formula is C15H16F3N3O6. The lowest BCUT2D eigenvalue weighted by Gasteiger charge is -2.48. The van der Waals surface area contributed by atoms with E-state index < -0.39 is 46.5 Å². The molecule has 0 saturated carbocycles. The number of amides is 2. The number of rotatable bonds is 4. The fourth-order valence-corrected chi connectivity index (χ4v) is 2.98. The molecule has 3 atom stereocenters. The highest BCUT2D eigenvalue weighted by Gasteiger charge is 2.70. The first-order valence-corrected chi connectivity index (χ1v) is 7.70. The average molecular weight is 391 g/mol. The number of hydrogen-bond donors (Lipinski definition) is 2. The second kappa shape index (κ2) is 7.02. The molecule has 9 nitrogen and oxygen atoms in total. The molecule has 1 aliphatic rings. The van der Waals surface area contributed by atoms with Crippen LogP contribution in [0, 0.1) is 16.0 Å². The fourth-order valence-electron chi connectivity index (χ4n) is 2.98. The second-order valence-corrected chi connectivity index (χ2v) is 5.76. The smallest absolute Gasteiger partial charge is 0.437 e. The van der Waals surface area contributed by atoms with E-state index in [4.69, 9.17) is 0 Å². The summed E-state index contributed by atoms with van der Waals surface area (Å²) in [6.45, 7) is 1.04. The standard InChI is InChI=1S/C15H16F3N3O6/c1-3-27-12(22)10-11(8-6-4-5-7-9(8)21(25)26)19-13(23)20(2)14(10,24)15(16,17)18/h4-7,10-11,24H,3H2,1-2H3,(H,19,23). The lowest BCUT2D eigenvalue weighted by Crippen LogP contribution is -2.73. The van der Waals surface area contributed by atoms with Gasteiger partial charge in [0.1, 0.15) is 5.92 Å². The zero-order valence-corrected chi connectivity index (χ0v) is 14.2.